The number of nitrogens with two attached hydrogens (primary N) is 1. The lowest BCUT2D eigenvalue weighted by atomic mass is 9.80. The van der Waals surface area contributed by atoms with Crippen LogP contribution in [0.2, 0.25) is 0 Å². The summed E-state index contributed by atoms with van der Waals surface area (Å²) < 4.78 is 0. The summed E-state index contributed by atoms with van der Waals surface area (Å²) in [6, 6.07) is 1.17. The zero-order valence-electron chi connectivity index (χ0n) is 13.2. The number of hydrogen-bond acceptors (Lipinski definition) is 3. The first kappa shape index (κ1) is 15.3. The molecule has 2 heterocycles. The second-order valence-electron chi connectivity index (χ2n) is 7.45. The van der Waals surface area contributed by atoms with E-state index in [2.05, 4.69) is 10.2 Å². The van der Waals surface area contributed by atoms with Crippen molar-refractivity contribution in [1.29, 1.82) is 0 Å². The molecule has 1 saturated carbocycles. The van der Waals surface area contributed by atoms with Gasteiger partial charge in [0.15, 0.2) is 0 Å². The van der Waals surface area contributed by atoms with Gasteiger partial charge in [0.2, 0.25) is 5.91 Å². The van der Waals surface area contributed by atoms with Crippen molar-refractivity contribution in [3.05, 3.63) is 0 Å². The maximum atomic E-state index is 12.3. The van der Waals surface area contributed by atoms with E-state index in [1.165, 1.54) is 58.0 Å². The van der Waals surface area contributed by atoms with Crippen molar-refractivity contribution in [1.82, 2.24) is 10.2 Å². The minimum atomic E-state index is 0.294. The van der Waals surface area contributed by atoms with Gasteiger partial charge in [0.1, 0.15) is 0 Å². The first-order valence-electron chi connectivity index (χ1n) is 8.98. The molecule has 1 aliphatic carbocycles. The lowest BCUT2D eigenvalue weighted by Crippen LogP contribution is -2.47. The molecule has 0 spiro atoms. The number of nitrogens with zero attached hydrogens (tertiary/aromatic N) is 1. The SMILES string of the molecule is NCC1CCC(CC(=O)NC2CCN3CCCC3C2)CC1. The molecule has 2 atom stereocenters. The van der Waals surface area contributed by atoms with Crippen molar-refractivity contribution in [2.75, 3.05) is 19.6 Å². The van der Waals surface area contributed by atoms with Crippen LogP contribution in [0.25, 0.3) is 0 Å². The molecule has 3 N–H and O–H groups in total. The Morgan fingerprint density at radius 1 is 1.05 bits per heavy atom. The zero-order chi connectivity index (χ0) is 14.7. The Hall–Kier alpha value is -0.610. The number of piperidine rings is 1. The van der Waals surface area contributed by atoms with E-state index in [9.17, 15) is 4.79 Å². The van der Waals surface area contributed by atoms with E-state index < -0.39 is 0 Å². The van der Waals surface area contributed by atoms with Crippen LogP contribution < -0.4 is 11.1 Å². The van der Waals surface area contributed by atoms with Crippen molar-refractivity contribution >= 4 is 5.91 Å². The minimum Gasteiger partial charge on any atom is -0.353 e. The summed E-state index contributed by atoms with van der Waals surface area (Å²) in [6.07, 6.45) is 10.5. The molecular weight excluding hydrogens is 262 g/mol. The fourth-order valence-electron chi connectivity index (χ4n) is 4.58. The van der Waals surface area contributed by atoms with Gasteiger partial charge in [-0.2, -0.15) is 0 Å². The number of carbonyl (C=O) groups excluding carboxylic acids is 1. The van der Waals surface area contributed by atoms with Crippen molar-refractivity contribution in [2.45, 2.75) is 69.9 Å². The summed E-state index contributed by atoms with van der Waals surface area (Å²) in [4.78, 5) is 14.9. The monoisotopic (exact) mass is 293 g/mol. The van der Waals surface area contributed by atoms with E-state index in [-0.39, 0.29) is 0 Å². The highest BCUT2D eigenvalue weighted by Gasteiger charge is 2.32. The largest absolute Gasteiger partial charge is 0.353 e. The summed E-state index contributed by atoms with van der Waals surface area (Å²) in [5, 5.41) is 3.31. The van der Waals surface area contributed by atoms with Crippen LogP contribution in [0, 0.1) is 11.8 Å². The van der Waals surface area contributed by atoms with Gasteiger partial charge in [-0.15, -0.1) is 0 Å². The van der Waals surface area contributed by atoms with Gasteiger partial charge in [0.05, 0.1) is 0 Å². The van der Waals surface area contributed by atoms with E-state index in [4.69, 9.17) is 5.73 Å². The van der Waals surface area contributed by atoms with Gasteiger partial charge < -0.3 is 16.0 Å². The highest BCUT2D eigenvalue weighted by Crippen LogP contribution is 2.31. The predicted molar refractivity (Wildman–Crippen MR) is 84.9 cm³/mol. The second-order valence-corrected chi connectivity index (χ2v) is 7.45. The van der Waals surface area contributed by atoms with Gasteiger partial charge in [0, 0.05) is 25.0 Å². The molecule has 120 valence electrons. The maximum absolute atomic E-state index is 12.3. The molecule has 0 aromatic rings. The van der Waals surface area contributed by atoms with E-state index in [0.717, 1.165) is 25.4 Å². The number of amides is 1. The highest BCUT2D eigenvalue weighted by molar-refractivity contribution is 5.76. The van der Waals surface area contributed by atoms with Crippen LogP contribution in [0.15, 0.2) is 0 Å². The number of nitrogens with one attached hydrogen (secondary N) is 1. The molecule has 3 fully saturated rings. The molecule has 2 aliphatic heterocycles. The summed E-state index contributed by atoms with van der Waals surface area (Å²) >= 11 is 0. The highest BCUT2D eigenvalue weighted by atomic mass is 16.1. The smallest absolute Gasteiger partial charge is 0.220 e. The molecule has 3 rings (SSSR count). The Bertz CT molecular complexity index is 352. The number of fused-ring (bicyclic) bond motifs is 1. The quantitative estimate of drug-likeness (QED) is 0.832. The Morgan fingerprint density at radius 3 is 2.57 bits per heavy atom. The minimum absolute atomic E-state index is 0.294. The molecule has 0 aromatic heterocycles. The zero-order valence-corrected chi connectivity index (χ0v) is 13.2. The first-order valence-corrected chi connectivity index (χ1v) is 8.98. The Morgan fingerprint density at radius 2 is 1.81 bits per heavy atom. The third-order valence-corrected chi connectivity index (χ3v) is 5.96. The van der Waals surface area contributed by atoms with Crippen molar-refractivity contribution in [2.24, 2.45) is 17.6 Å². The summed E-state index contributed by atoms with van der Waals surface area (Å²) in [7, 11) is 0. The lowest BCUT2D eigenvalue weighted by molar-refractivity contribution is -0.123. The van der Waals surface area contributed by atoms with Gasteiger partial charge in [-0.05, 0) is 76.3 Å². The van der Waals surface area contributed by atoms with Crippen LogP contribution >= 0.6 is 0 Å². The maximum Gasteiger partial charge on any atom is 0.220 e. The summed E-state index contributed by atoms with van der Waals surface area (Å²) in [5.41, 5.74) is 5.73. The predicted octanol–water partition coefficient (Wildman–Crippen LogP) is 1.88. The Kier molecular flexibility index (Phi) is 5.17. The van der Waals surface area contributed by atoms with Crippen molar-refractivity contribution < 1.29 is 4.79 Å². The molecule has 21 heavy (non-hydrogen) atoms. The van der Waals surface area contributed by atoms with Crippen LogP contribution in [-0.4, -0.2) is 42.5 Å². The second kappa shape index (κ2) is 7.10. The molecule has 0 bridgehead atoms. The van der Waals surface area contributed by atoms with E-state index in [1.54, 1.807) is 0 Å². The van der Waals surface area contributed by atoms with Crippen LogP contribution in [-0.2, 0) is 4.79 Å². The van der Waals surface area contributed by atoms with E-state index in [0.29, 0.717) is 23.8 Å². The van der Waals surface area contributed by atoms with Gasteiger partial charge in [0.25, 0.3) is 0 Å². The average molecular weight is 293 g/mol. The van der Waals surface area contributed by atoms with Crippen molar-refractivity contribution in [3.63, 3.8) is 0 Å². The van der Waals surface area contributed by atoms with Crippen LogP contribution in [0.1, 0.15) is 57.8 Å². The molecule has 0 radical (unpaired) electrons. The average Bonchev–Trinajstić information content (AvgIpc) is 2.95. The van der Waals surface area contributed by atoms with Crippen LogP contribution in [0.3, 0.4) is 0 Å². The third kappa shape index (κ3) is 3.98. The molecule has 2 saturated heterocycles. The molecular formula is C17H31N3O. The van der Waals surface area contributed by atoms with Crippen LogP contribution in [0.4, 0.5) is 0 Å². The summed E-state index contributed by atoms with van der Waals surface area (Å²) in [6.45, 7) is 3.27. The number of rotatable bonds is 4. The van der Waals surface area contributed by atoms with Gasteiger partial charge in [-0.1, -0.05) is 0 Å². The van der Waals surface area contributed by atoms with Gasteiger partial charge in [-0.25, -0.2) is 0 Å². The Labute approximate surface area is 128 Å². The van der Waals surface area contributed by atoms with E-state index in [1.807, 2.05) is 0 Å². The van der Waals surface area contributed by atoms with E-state index >= 15 is 0 Å². The molecule has 0 aromatic carbocycles. The lowest BCUT2D eigenvalue weighted by Gasteiger charge is -2.35. The first-order chi connectivity index (χ1) is 10.2. The molecule has 1 amide bonds. The molecule has 4 heteroatoms. The summed E-state index contributed by atoms with van der Waals surface area (Å²) in [5.74, 6) is 1.60. The normalized spacial score (nSPS) is 37.2. The number of carbonyl (C=O) groups is 1. The van der Waals surface area contributed by atoms with Crippen molar-refractivity contribution in [3.8, 4) is 0 Å². The number of hydrogen-bond donors (Lipinski definition) is 2. The Balaban J connectivity index is 1.38. The molecule has 4 nitrogen and oxygen atoms in total. The van der Waals surface area contributed by atoms with Crippen LogP contribution in [0.5, 0.6) is 0 Å². The topological polar surface area (TPSA) is 58.4 Å². The fourth-order valence-corrected chi connectivity index (χ4v) is 4.58. The van der Waals surface area contributed by atoms with Gasteiger partial charge >= 0.3 is 0 Å². The molecule has 3 aliphatic rings. The molecule has 2 unspecified atom stereocenters. The third-order valence-electron chi connectivity index (χ3n) is 5.96. The fraction of sp³-hybridized carbons (Fsp3) is 0.941. The van der Waals surface area contributed by atoms with Gasteiger partial charge in [-0.3, -0.25) is 4.79 Å². The standard InChI is InChI=1S/C17H31N3O/c18-12-14-5-3-13(4-6-14)10-17(21)19-15-7-9-20-8-1-2-16(20)11-15/h13-16H,1-12,18H2,(H,19,21).